The molecule has 0 atom stereocenters. The number of anilines is 1. The van der Waals surface area contributed by atoms with Crippen molar-refractivity contribution < 1.29 is 9.32 Å². The largest absolute Gasteiger partial charge is 0.338 e. The Morgan fingerprint density at radius 3 is 2.73 bits per heavy atom. The lowest BCUT2D eigenvalue weighted by molar-refractivity contribution is -0.121. The molecular formula is C23H22N4O2S. The number of fused-ring (bicyclic) bond motifs is 1. The Bertz CT molecular complexity index is 1150. The fourth-order valence-corrected chi connectivity index (χ4v) is 4.53. The van der Waals surface area contributed by atoms with Crippen LogP contribution >= 0.6 is 11.3 Å². The summed E-state index contributed by atoms with van der Waals surface area (Å²) in [7, 11) is 0. The zero-order chi connectivity index (χ0) is 20.3. The van der Waals surface area contributed by atoms with Gasteiger partial charge in [0.05, 0.1) is 11.4 Å². The van der Waals surface area contributed by atoms with Gasteiger partial charge in [-0.25, -0.2) is 0 Å². The molecule has 0 aliphatic carbocycles. The number of carbonyl (C=O) groups excluding carboxylic acids is 1. The summed E-state index contributed by atoms with van der Waals surface area (Å²) in [5.74, 6) is 1.39. The van der Waals surface area contributed by atoms with E-state index in [1.54, 1.807) is 11.3 Å². The van der Waals surface area contributed by atoms with Crippen LogP contribution in [-0.2, 0) is 11.3 Å². The number of rotatable bonds is 5. The zero-order valence-electron chi connectivity index (χ0n) is 16.5. The van der Waals surface area contributed by atoms with E-state index in [1.165, 1.54) is 5.39 Å². The van der Waals surface area contributed by atoms with Gasteiger partial charge in [0.25, 0.3) is 0 Å². The van der Waals surface area contributed by atoms with Crippen molar-refractivity contribution in [1.29, 1.82) is 0 Å². The molecular weight excluding hydrogens is 396 g/mol. The van der Waals surface area contributed by atoms with E-state index in [0.29, 0.717) is 18.3 Å². The van der Waals surface area contributed by atoms with E-state index in [4.69, 9.17) is 4.52 Å². The molecule has 0 bridgehead atoms. The lowest BCUT2D eigenvalue weighted by Crippen LogP contribution is -2.37. The second-order valence-corrected chi connectivity index (χ2v) is 8.54. The molecule has 1 N–H and O–H groups in total. The summed E-state index contributed by atoms with van der Waals surface area (Å²) in [6.07, 6.45) is 1.65. The maximum Gasteiger partial charge on any atom is 0.241 e. The molecule has 6 nitrogen and oxygen atoms in total. The van der Waals surface area contributed by atoms with Gasteiger partial charge in [-0.3, -0.25) is 9.69 Å². The van der Waals surface area contributed by atoms with Gasteiger partial charge in [0, 0.05) is 11.6 Å². The lowest BCUT2D eigenvalue weighted by Gasteiger charge is -2.30. The molecule has 152 valence electrons. The molecule has 1 amide bonds. The highest BCUT2D eigenvalue weighted by Crippen LogP contribution is 2.24. The third-order valence-corrected chi connectivity index (χ3v) is 6.41. The van der Waals surface area contributed by atoms with Gasteiger partial charge in [0.15, 0.2) is 0 Å². The van der Waals surface area contributed by atoms with Gasteiger partial charge in [-0.15, -0.1) is 11.3 Å². The Morgan fingerprint density at radius 2 is 1.93 bits per heavy atom. The number of nitrogens with one attached hydrogen (secondary N) is 1. The summed E-state index contributed by atoms with van der Waals surface area (Å²) in [6, 6.07) is 18.2. The number of carbonyl (C=O) groups is 1. The minimum Gasteiger partial charge on any atom is -0.338 e. The van der Waals surface area contributed by atoms with Crippen LogP contribution in [0.15, 0.2) is 64.5 Å². The SMILES string of the molecule is O=C(Nc1ccc2ccccc2c1)C1CCN(Cc2nc(-c3cccs3)no2)CC1. The lowest BCUT2D eigenvalue weighted by atomic mass is 9.95. The molecule has 2 aromatic heterocycles. The smallest absolute Gasteiger partial charge is 0.241 e. The van der Waals surface area contributed by atoms with E-state index in [9.17, 15) is 4.79 Å². The van der Waals surface area contributed by atoms with E-state index in [-0.39, 0.29) is 11.8 Å². The molecule has 1 fully saturated rings. The van der Waals surface area contributed by atoms with Crippen LogP contribution in [0.3, 0.4) is 0 Å². The molecule has 30 heavy (non-hydrogen) atoms. The molecule has 4 aromatic rings. The molecule has 1 saturated heterocycles. The van der Waals surface area contributed by atoms with E-state index < -0.39 is 0 Å². The number of nitrogens with zero attached hydrogens (tertiary/aromatic N) is 3. The maximum atomic E-state index is 12.7. The highest BCUT2D eigenvalue weighted by Gasteiger charge is 2.26. The number of hydrogen-bond acceptors (Lipinski definition) is 6. The highest BCUT2D eigenvalue weighted by atomic mass is 32.1. The van der Waals surface area contributed by atoms with Gasteiger partial charge in [0.2, 0.25) is 17.6 Å². The third-order valence-electron chi connectivity index (χ3n) is 5.54. The minimum absolute atomic E-state index is 0.0251. The van der Waals surface area contributed by atoms with Gasteiger partial charge in [-0.1, -0.05) is 41.6 Å². The van der Waals surface area contributed by atoms with Crippen molar-refractivity contribution in [1.82, 2.24) is 15.0 Å². The number of aromatic nitrogens is 2. The van der Waals surface area contributed by atoms with Gasteiger partial charge in [-0.05, 0) is 60.3 Å². The Hall–Kier alpha value is -3.03. The zero-order valence-corrected chi connectivity index (χ0v) is 17.3. The molecule has 2 aromatic carbocycles. The molecule has 0 saturated carbocycles. The van der Waals surface area contributed by atoms with Crippen LogP contribution in [0.4, 0.5) is 5.69 Å². The van der Waals surface area contributed by atoms with Crippen LogP contribution in [0.1, 0.15) is 18.7 Å². The predicted octanol–water partition coefficient (Wildman–Crippen LogP) is 4.80. The first-order chi connectivity index (χ1) is 14.7. The van der Waals surface area contributed by atoms with Crippen molar-refractivity contribution in [2.75, 3.05) is 18.4 Å². The second-order valence-electron chi connectivity index (χ2n) is 7.59. The number of amides is 1. The number of thiophene rings is 1. The molecule has 3 heterocycles. The van der Waals surface area contributed by atoms with Crippen LogP contribution in [0.25, 0.3) is 21.5 Å². The van der Waals surface area contributed by atoms with Crippen LogP contribution in [0.2, 0.25) is 0 Å². The molecule has 0 radical (unpaired) electrons. The Morgan fingerprint density at radius 1 is 1.10 bits per heavy atom. The van der Waals surface area contributed by atoms with Gasteiger partial charge in [-0.2, -0.15) is 4.98 Å². The predicted molar refractivity (Wildman–Crippen MR) is 118 cm³/mol. The first-order valence-electron chi connectivity index (χ1n) is 10.1. The Labute approximate surface area is 178 Å². The number of benzene rings is 2. The van der Waals surface area contributed by atoms with E-state index in [2.05, 4.69) is 32.5 Å². The summed E-state index contributed by atoms with van der Waals surface area (Å²) >= 11 is 1.60. The van der Waals surface area contributed by atoms with Gasteiger partial charge in [0.1, 0.15) is 0 Å². The number of piperidine rings is 1. The van der Waals surface area contributed by atoms with Crippen molar-refractivity contribution in [3.8, 4) is 10.7 Å². The number of likely N-dealkylation sites (tertiary alicyclic amines) is 1. The van der Waals surface area contributed by atoms with Crippen molar-refractivity contribution in [3.63, 3.8) is 0 Å². The molecule has 0 spiro atoms. The fourth-order valence-electron chi connectivity index (χ4n) is 3.88. The first kappa shape index (κ1) is 19.0. The topological polar surface area (TPSA) is 71.3 Å². The maximum absolute atomic E-state index is 12.7. The molecule has 1 aliphatic heterocycles. The number of hydrogen-bond donors (Lipinski definition) is 1. The van der Waals surface area contributed by atoms with Crippen molar-refractivity contribution >= 4 is 33.7 Å². The minimum atomic E-state index is 0.0251. The summed E-state index contributed by atoms with van der Waals surface area (Å²) in [5.41, 5.74) is 0.855. The Balaban J connectivity index is 1.15. The average Bonchev–Trinajstić information content (AvgIpc) is 3.46. The van der Waals surface area contributed by atoms with Crippen molar-refractivity contribution in [2.24, 2.45) is 5.92 Å². The van der Waals surface area contributed by atoms with Crippen LogP contribution in [0, 0.1) is 5.92 Å². The van der Waals surface area contributed by atoms with Crippen LogP contribution in [0.5, 0.6) is 0 Å². The molecule has 5 rings (SSSR count). The van der Waals surface area contributed by atoms with Crippen molar-refractivity contribution in [2.45, 2.75) is 19.4 Å². The van der Waals surface area contributed by atoms with E-state index in [1.807, 2.05) is 47.8 Å². The summed E-state index contributed by atoms with van der Waals surface area (Å²) in [6.45, 7) is 2.30. The summed E-state index contributed by atoms with van der Waals surface area (Å²) in [4.78, 5) is 20.5. The first-order valence-corrected chi connectivity index (χ1v) is 11.0. The average molecular weight is 419 g/mol. The molecule has 1 aliphatic rings. The Kier molecular flexibility index (Phi) is 5.29. The molecule has 7 heteroatoms. The highest BCUT2D eigenvalue weighted by molar-refractivity contribution is 7.13. The second kappa shape index (κ2) is 8.38. The summed E-state index contributed by atoms with van der Waals surface area (Å²) < 4.78 is 5.40. The van der Waals surface area contributed by atoms with Crippen LogP contribution in [-0.4, -0.2) is 34.0 Å². The monoisotopic (exact) mass is 418 g/mol. The quantitative estimate of drug-likeness (QED) is 0.504. The standard InChI is InChI=1S/C23H22N4O2S/c28-23(24-19-8-7-16-4-1-2-5-18(16)14-19)17-9-11-27(12-10-17)15-21-25-22(26-29-21)20-6-3-13-30-20/h1-8,13-14,17H,9-12,15H2,(H,24,28). The summed E-state index contributed by atoms with van der Waals surface area (Å²) in [5, 5.41) is 11.5. The van der Waals surface area contributed by atoms with E-state index in [0.717, 1.165) is 41.9 Å². The van der Waals surface area contributed by atoms with Crippen LogP contribution < -0.4 is 5.32 Å². The van der Waals surface area contributed by atoms with Gasteiger partial charge < -0.3 is 9.84 Å². The molecule has 0 unspecified atom stereocenters. The van der Waals surface area contributed by atoms with Crippen molar-refractivity contribution in [3.05, 3.63) is 65.9 Å². The fraction of sp³-hybridized carbons (Fsp3) is 0.261. The normalized spacial score (nSPS) is 15.5. The van der Waals surface area contributed by atoms with Gasteiger partial charge >= 0.3 is 0 Å². The van der Waals surface area contributed by atoms with E-state index >= 15 is 0 Å². The third kappa shape index (κ3) is 4.13.